The van der Waals surface area contributed by atoms with Crippen LogP contribution in [0.15, 0.2) is 59.3 Å². The van der Waals surface area contributed by atoms with E-state index in [0.717, 1.165) is 17.7 Å². The van der Waals surface area contributed by atoms with Gasteiger partial charge in [0.15, 0.2) is 0 Å². The van der Waals surface area contributed by atoms with Gasteiger partial charge in [0.25, 0.3) is 5.91 Å². The number of aryl methyl sites for hydroxylation is 1. The van der Waals surface area contributed by atoms with Crippen molar-refractivity contribution >= 4 is 11.8 Å². The smallest absolute Gasteiger partial charge is 0.272 e. The molecule has 166 valence electrons. The van der Waals surface area contributed by atoms with Gasteiger partial charge in [0.1, 0.15) is 17.1 Å². The first kappa shape index (κ1) is 21.7. The van der Waals surface area contributed by atoms with E-state index in [4.69, 9.17) is 4.52 Å². The molecule has 7 nitrogen and oxygen atoms in total. The molecule has 2 amide bonds. The highest BCUT2D eigenvalue weighted by atomic mass is 16.5. The fraction of sp³-hybridized carbons (Fsp3) is 0.360. The lowest BCUT2D eigenvalue weighted by atomic mass is 9.75. The minimum atomic E-state index is -0.768. The third-order valence-electron chi connectivity index (χ3n) is 6.03. The van der Waals surface area contributed by atoms with Gasteiger partial charge in [0, 0.05) is 51.4 Å². The summed E-state index contributed by atoms with van der Waals surface area (Å²) >= 11 is 0. The molecular weight excluding hydrogens is 404 g/mol. The summed E-state index contributed by atoms with van der Waals surface area (Å²) in [5.41, 5.74) is 2.50. The van der Waals surface area contributed by atoms with E-state index in [1.165, 1.54) is 5.56 Å². The van der Waals surface area contributed by atoms with Crippen molar-refractivity contribution in [2.24, 2.45) is 5.41 Å². The molecule has 32 heavy (non-hydrogen) atoms. The molecule has 2 aromatic heterocycles. The predicted molar refractivity (Wildman–Crippen MR) is 121 cm³/mol. The molecular formula is C25H28N4O3. The van der Waals surface area contributed by atoms with Crippen molar-refractivity contribution in [2.45, 2.75) is 26.2 Å². The second-order valence-electron chi connectivity index (χ2n) is 8.75. The van der Waals surface area contributed by atoms with Gasteiger partial charge in [-0.1, -0.05) is 41.1 Å². The summed E-state index contributed by atoms with van der Waals surface area (Å²) in [5, 5.41) is 4.23. The van der Waals surface area contributed by atoms with E-state index in [1.54, 1.807) is 48.3 Å². The molecule has 3 aromatic rings. The van der Waals surface area contributed by atoms with E-state index < -0.39 is 5.41 Å². The summed E-state index contributed by atoms with van der Waals surface area (Å²) in [7, 11) is 3.50. The number of amides is 2. The Morgan fingerprint density at radius 1 is 1.16 bits per heavy atom. The lowest BCUT2D eigenvalue weighted by molar-refractivity contribution is -0.142. The molecule has 0 bridgehead atoms. The summed E-state index contributed by atoms with van der Waals surface area (Å²) in [6, 6.07) is 15.3. The number of benzene rings is 1. The molecule has 1 aliphatic rings. The topological polar surface area (TPSA) is 79.5 Å². The summed E-state index contributed by atoms with van der Waals surface area (Å²) in [4.78, 5) is 33.9. The molecule has 1 aliphatic heterocycles. The number of carbonyl (C=O) groups is 2. The molecule has 0 unspecified atom stereocenters. The standard InChI is InChI=1S/C25H28N4O3/c1-18-8-10-19(11-9-18)22-15-20(32-27-22)16-25(24(31)28(2)3)12-6-14-29(17-25)23(30)21-7-4-5-13-26-21/h4-5,7-11,13,15H,6,12,14,16-17H2,1-3H3/t25-/m1/s1. The van der Waals surface area contributed by atoms with Crippen LogP contribution in [-0.2, 0) is 11.2 Å². The van der Waals surface area contributed by atoms with Gasteiger partial charge in [-0.25, -0.2) is 0 Å². The second-order valence-corrected chi connectivity index (χ2v) is 8.75. The highest BCUT2D eigenvalue weighted by Gasteiger charge is 2.45. The van der Waals surface area contributed by atoms with Gasteiger partial charge in [-0.3, -0.25) is 14.6 Å². The SMILES string of the molecule is Cc1ccc(-c2cc(C[C@]3(C(=O)N(C)C)CCCN(C(=O)c4ccccn4)C3)on2)cc1. The third-order valence-corrected chi connectivity index (χ3v) is 6.03. The van der Waals surface area contributed by atoms with E-state index in [1.807, 2.05) is 37.3 Å². The molecule has 1 fully saturated rings. The van der Waals surface area contributed by atoms with Gasteiger partial charge in [-0.15, -0.1) is 0 Å². The average molecular weight is 433 g/mol. The molecule has 0 aliphatic carbocycles. The lowest BCUT2D eigenvalue weighted by Gasteiger charge is -2.42. The molecule has 0 saturated carbocycles. The Morgan fingerprint density at radius 2 is 1.94 bits per heavy atom. The summed E-state index contributed by atoms with van der Waals surface area (Å²) < 4.78 is 5.65. The molecule has 1 aromatic carbocycles. The maximum Gasteiger partial charge on any atom is 0.272 e. The largest absolute Gasteiger partial charge is 0.361 e. The van der Waals surface area contributed by atoms with Crippen LogP contribution in [0.5, 0.6) is 0 Å². The zero-order valence-corrected chi connectivity index (χ0v) is 18.7. The van der Waals surface area contributed by atoms with Crippen LogP contribution in [0.4, 0.5) is 0 Å². The number of hydrogen-bond donors (Lipinski definition) is 0. The molecule has 0 N–H and O–H groups in total. The van der Waals surface area contributed by atoms with Crippen LogP contribution in [0.3, 0.4) is 0 Å². The number of carbonyl (C=O) groups excluding carboxylic acids is 2. The van der Waals surface area contributed by atoms with Crippen LogP contribution in [0, 0.1) is 12.3 Å². The van der Waals surface area contributed by atoms with E-state index >= 15 is 0 Å². The van der Waals surface area contributed by atoms with Crippen LogP contribution in [0.25, 0.3) is 11.3 Å². The third kappa shape index (κ3) is 4.42. The Bertz CT molecular complexity index is 1090. The summed E-state index contributed by atoms with van der Waals surface area (Å²) in [6.45, 7) is 2.96. The molecule has 3 heterocycles. The Hall–Kier alpha value is -3.48. The summed E-state index contributed by atoms with van der Waals surface area (Å²) in [6.07, 6.45) is 3.40. The number of nitrogens with zero attached hydrogens (tertiary/aromatic N) is 4. The van der Waals surface area contributed by atoms with Crippen molar-refractivity contribution in [1.82, 2.24) is 19.9 Å². The van der Waals surface area contributed by atoms with Gasteiger partial charge < -0.3 is 14.3 Å². The molecule has 4 rings (SSSR count). The minimum Gasteiger partial charge on any atom is -0.361 e. The molecule has 0 spiro atoms. The van der Waals surface area contributed by atoms with Crippen molar-refractivity contribution in [3.05, 3.63) is 71.7 Å². The highest BCUT2D eigenvalue weighted by Crippen LogP contribution is 2.37. The Kier molecular flexibility index (Phi) is 6.08. The predicted octanol–water partition coefficient (Wildman–Crippen LogP) is 3.60. The van der Waals surface area contributed by atoms with E-state index in [-0.39, 0.29) is 11.8 Å². The monoisotopic (exact) mass is 432 g/mol. The fourth-order valence-electron chi connectivity index (χ4n) is 4.42. The van der Waals surface area contributed by atoms with Gasteiger partial charge in [-0.2, -0.15) is 0 Å². The number of likely N-dealkylation sites (tertiary alicyclic amines) is 1. The molecule has 1 atom stereocenters. The van der Waals surface area contributed by atoms with Crippen LogP contribution < -0.4 is 0 Å². The molecule has 0 radical (unpaired) electrons. The molecule has 7 heteroatoms. The van der Waals surface area contributed by atoms with E-state index in [0.29, 0.717) is 37.4 Å². The fourth-order valence-corrected chi connectivity index (χ4v) is 4.42. The average Bonchev–Trinajstić information content (AvgIpc) is 3.27. The Labute approximate surface area is 188 Å². The van der Waals surface area contributed by atoms with Crippen LogP contribution >= 0.6 is 0 Å². The first-order valence-corrected chi connectivity index (χ1v) is 10.8. The zero-order chi connectivity index (χ0) is 22.7. The van der Waals surface area contributed by atoms with Crippen molar-refractivity contribution in [2.75, 3.05) is 27.2 Å². The van der Waals surface area contributed by atoms with Gasteiger partial charge in [0.2, 0.25) is 5.91 Å². The van der Waals surface area contributed by atoms with Gasteiger partial charge in [-0.05, 0) is 31.9 Å². The Morgan fingerprint density at radius 3 is 2.62 bits per heavy atom. The highest BCUT2D eigenvalue weighted by molar-refractivity contribution is 5.93. The normalized spacial score (nSPS) is 18.4. The number of hydrogen-bond acceptors (Lipinski definition) is 5. The lowest BCUT2D eigenvalue weighted by Crippen LogP contribution is -2.54. The first-order chi connectivity index (χ1) is 15.4. The summed E-state index contributed by atoms with van der Waals surface area (Å²) in [5.74, 6) is 0.478. The van der Waals surface area contributed by atoms with Crippen LogP contribution in [0.2, 0.25) is 0 Å². The van der Waals surface area contributed by atoms with Crippen molar-refractivity contribution in [1.29, 1.82) is 0 Å². The van der Waals surface area contributed by atoms with Crippen molar-refractivity contribution < 1.29 is 14.1 Å². The molecule has 1 saturated heterocycles. The van der Waals surface area contributed by atoms with Crippen LogP contribution in [0.1, 0.15) is 34.7 Å². The first-order valence-electron chi connectivity index (χ1n) is 10.8. The zero-order valence-electron chi connectivity index (χ0n) is 18.7. The van der Waals surface area contributed by atoms with Crippen molar-refractivity contribution in [3.8, 4) is 11.3 Å². The van der Waals surface area contributed by atoms with Crippen LogP contribution in [-0.4, -0.2) is 58.9 Å². The van der Waals surface area contributed by atoms with Gasteiger partial charge in [0.05, 0.1) is 5.41 Å². The van der Waals surface area contributed by atoms with Gasteiger partial charge >= 0.3 is 0 Å². The number of piperidine rings is 1. The quantitative estimate of drug-likeness (QED) is 0.616. The maximum absolute atomic E-state index is 13.4. The minimum absolute atomic E-state index is 0.00990. The number of aromatic nitrogens is 2. The van der Waals surface area contributed by atoms with E-state index in [9.17, 15) is 9.59 Å². The number of rotatable bonds is 5. The Balaban J connectivity index is 1.60. The maximum atomic E-state index is 13.4. The second kappa shape index (κ2) is 8.94. The van der Waals surface area contributed by atoms with Crippen molar-refractivity contribution in [3.63, 3.8) is 0 Å². The number of pyridine rings is 1. The van der Waals surface area contributed by atoms with E-state index in [2.05, 4.69) is 10.1 Å².